The van der Waals surface area contributed by atoms with Crippen molar-refractivity contribution in [1.29, 1.82) is 0 Å². The summed E-state index contributed by atoms with van der Waals surface area (Å²) in [5.41, 5.74) is -0.315. The molecule has 1 aromatic carbocycles. The molecule has 1 aromatic rings. The van der Waals surface area contributed by atoms with E-state index in [2.05, 4.69) is 10.3 Å². The van der Waals surface area contributed by atoms with Crippen molar-refractivity contribution in [2.75, 3.05) is 5.75 Å². The normalized spacial score (nSPS) is 31.1. The summed E-state index contributed by atoms with van der Waals surface area (Å²) < 4.78 is 14.4. The molecular formula is C15H17FN2O3S. The fourth-order valence-electron chi connectivity index (χ4n) is 3.36. The summed E-state index contributed by atoms with van der Waals surface area (Å²) in [6.45, 7) is 0. The molecule has 2 aliphatic rings. The fourth-order valence-corrected chi connectivity index (χ4v) is 4.52. The second-order valence-corrected chi connectivity index (χ2v) is 6.70. The van der Waals surface area contributed by atoms with Crippen LogP contribution in [0.3, 0.4) is 0 Å². The summed E-state index contributed by atoms with van der Waals surface area (Å²) in [6, 6.07) is 6.49. The highest BCUT2D eigenvalue weighted by atomic mass is 32.2. The quantitative estimate of drug-likeness (QED) is 0.741. The average Bonchev–Trinajstić information content (AvgIpc) is 2.47. The Bertz CT molecular complexity index is 625. The van der Waals surface area contributed by atoms with Crippen molar-refractivity contribution in [3.8, 4) is 0 Å². The topological polar surface area (TPSA) is 81.9 Å². The van der Waals surface area contributed by atoms with E-state index in [1.54, 1.807) is 18.2 Å². The van der Waals surface area contributed by atoms with Crippen molar-refractivity contribution in [3.63, 3.8) is 0 Å². The minimum Gasteiger partial charge on any atom is -0.465 e. The van der Waals surface area contributed by atoms with Crippen LogP contribution in [0.4, 0.5) is 9.18 Å². The van der Waals surface area contributed by atoms with Gasteiger partial charge in [0.05, 0.1) is 11.6 Å². The minimum absolute atomic E-state index is 0.0162. The maximum Gasteiger partial charge on any atom is 0.410 e. The minimum atomic E-state index is -1.18. The third-order valence-corrected chi connectivity index (χ3v) is 5.40. The van der Waals surface area contributed by atoms with Gasteiger partial charge in [0.15, 0.2) is 5.17 Å². The van der Waals surface area contributed by atoms with Crippen LogP contribution in [0, 0.1) is 11.7 Å². The van der Waals surface area contributed by atoms with E-state index in [1.807, 2.05) is 0 Å². The zero-order valence-electron chi connectivity index (χ0n) is 11.8. The Morgan fingerprint density at radius 2 is 2.23 bits per heavy atom. The lowest BCUT2D eigenvalue weighted by molar-refractivity contribution is 0.0600. The monoisotopic (exact) mass is 324 g/mol. The first-order valence-electron chi connectivity index (χ1n) is 7.17. The second-order valence-electron chi connectivity index (χ2n) is 5.69. The lowest BCUT2D eigenvalue weighted by Gasteiger charge is -2.45. The van der Waals surface area contributed by atoms with Crippen LogP contribution >= 0.6 is 11.8 Å². The first-order chi connectivity index (χ1) is 10.5. The van der Waals surface area contributed by atoms with Gasteiger partial charge >= 0.3 is 6.09 Å². The number of amidine groups is 1. The molecule has 1 fully saturated rings. The molecule has 3 atom stereocenters. The van der Waals surface area contributed by atoms with Gasteiger partial charge in [-0.3, -0.25) is 10.3 Å². The Balaban J connectivity index is 2.07. The molecule has 0 bridgehead atoms. The smallest absolute Gasteiger partial charge is 0.410 e. The van der Waals surface area contributed by atoms with Crippen molar-refractivity contribution < 1.29 is 19.4 Å². The molecule has 1 saturated carbocycles. The Kier molecular flexibility index (Phi) is 4.10. The zero-order chi connectivity index (χ0) is 15.7. The Hall–Kier alpha value is -1.60. The van der Waals surface area contributed by atoms with Crippen LogP contribution in [0.15, 0.2) is 29.3 Å². The maximum absolute atomic E-state index is 14.4. The maximum atomic E-state index is 14.4. The molecule has 0 radical (unpaired) electrons. The van der Waals surface area contributed by atoms with Gasteiger partial charge in [0, 0.05) is 17.2 Å². The molecular weight excluding hydrogens is 307 g/mol. The van der Waals surface area contributed by atoms with Crippen LogP contribution in [-0.2, 0) is 5.54 Å². The molecule has 7 heteroatoms. The van der Waals surface area contributed by atoms with Crippen molar-refractivity contribution in [2.45, 2.75) is 30.9 Å². The third-order valence-electron chi connectivity index (χ3n) is 4.37. The standard InChI is InChI=1S/C15H17FN2O3S/c16-12-4-2-1-3-11(12)15-6-5-10(19)7-9(15)8-22-13(18-15)17-14(20)21/h1-4,9-10,19H,5-8H2,(H,17,18)(H,20,21). The molecule has 1 aliphatic carbocycles. The summed E-state index contributed by atoms with van der Waals surface area (Å²) in [4.78, 5) is 15.4. The molecule has 0 saturated heterocycles. The molecule has 5 nitrogen and oxygen atoms in total. The lowest BCUT2D eigenvalue weighted by atomic mass is 9.69. The highest BCUT2D eigenvalue weighted by Gasteiger charge is 2.48. The Morgan fingerprint density at radius 1 is 1.45 bits per heavy atom. The number of rotatable bonds is 1. The Morgan fingerprint density at radius 3 is 2.95 bits per heavy atom. The molecule has 1 amide bonds. The molecule has 1 heterocycles. The van der Waals surface area contributed by atoms with Gasteiger partial charge in [-0.25, -0.2) is 9.18 Å². The summed E-state index contributed by atoms with van der Waals surface area (Å²) in [5, 5.41) is 21.4. The van der Waals surface area contributed by atoms with Crippen LogP contribution in [0.2, 0.25) is 0 Å². The van der Waals surface area contributed by atoms with Crippen molar-refractivity contribution in [3.05, 3.63) is 35.6 Å². The number of fused-ring (bicyclic) bond motifs is 1. The van der Waals surface area contributed by atoms with E-state index in [0.717, 1.165) is 0 Å². The van der Waals surface area contributed by atoms with E-state index in [9.17, 15) is 14.3 Å². The van der Waals surface area contributed by atoms with Gasteiger partial charge in [-0.1, -0.05) is 30.0 Å². The number of nitrogens with one attached hydrogen (secondary N) is 1. The van der Waals surface area contributed by atoms with Crippen LogP contribution in [0.1, 0.15) is 24.8 Å². The SMILES string of the molecule is O=C(O)NC1=NC2(c3ccccc3F)CCC(O)CC2CS1. The first-order valence-corrected chi connectivity index (χ1v) is 8.15. The highest BCUT2D eigenvalue weighted by molar-refractivity contribution is 8.13. The number of halogens is 1. The first kappa shape index (κ1) is 15.3. The molecule has 3 unspecified atom stereocenters. The predicted molar refractivity (Wildman–Crippen MR) is 82.5 cm³/mol. The van der Waals surface area contributed by atoms with Gasteiger partial charge in [-0.2, -0.15) is 0 Å². The molecule has 118 valence electrons. The van der Waals surface area contributed by atoms with Gasteiger partial charge in [0.2, 0.25) is 0 Å². The largest absolute Gasteiger partial charge is 0.465 e. The van der Waals surface area contributed by atoms with E-state index in [-0.39, 0.29) is 11.7 Å². The number of thioether (sulfide) groups is 1. The number of nitrogens with zero attached hydrogens (tertiary/aromatic N) is 1. The number of hydrogen-bond donors (Lipinski definition) is 3. The summed E-state index contributed by atoms with van der Waals surface area (Å²) in [5.74, 6) is 0.247. The van der Waals surface area contributed by atoms with Gasteiger partial charge in [0.25, 0.3) is 0 Å². The number of carbonyl (C=O) groups is 1. The molecule has 1 aliphatic heterocycles. The third kappa shape index (κ3) is 2.70. The number of benzene rings is 1. The van der Waals surface area contributed by atoms with Gasteiger partial charge in [-0.15, -0.1) is 0 Å². The van der Waals surface area contributed by atoms with E-state index in [4.69, 9.17) is 5.11 Å². The highest BCUT2D eigenvalue weighted by Crippen LogP contribution is 2.49. The van der Waals surface area contributed by atoms with E-state index < -0.39 is 17.7 Å². The zero-order valence-corrected chi connectivity index (χ0v) is 12.6. The van der Waals surface area contributed by atoms with E-state index >= 15 is 0 Å². The molecule has 3 N–H and O–H groups in total. The fraction of sp³-hybridized carbons (Fsp3) is 0.467. The second kappa shape index (κ2) is 5.89. The molecule has 3 rings (SSSR count). The van der Waals surface area contributed by atoms with Crippen molar-refractivity contribution in [2.24, 2.45) is 10.9 Å². The van der Waals surface area contributed by atoms with E-state index in [1.165, 1.54) is 17.8 Å². The summed E-state index contributed by atoms with van der Waals surface area (Å²) in [6.07, 6.45) is -0.00531. The number of amides is 1. The van der Waals surface area contributed by atoms with Crippen LogP contribution < -0.4 is 5.32 Å². The number of carboxylic acid groups (broad SMARTS) is 1. The number of aliphatic imine (C=N–C) groups is 1. The van der Waals surface area contributed by atoms with Gasteiger partial charge in [0.1, 0.15) is 5.82 Å². The Labute approximate surface area is 131 Å². The van der Waals surface area contributed by atoms with Crippen LogP contribution in [0.5, 0.6) is 0 Å². The molecule has 0 spiro atoms. The average molecular weight is 324 g/mol. The number of aliphatic hydroxyl groups is 1. The predicted octanol–water partition coefficient (Wildman–Crippen LogP) is 2.55. The van der Waals surface area contributed by atoms with Crippen LogP contribution in [-0.4, -0.2) is 33.3 Å². The number of hydrogen-bond acceptors (Lipinski definition) is 4. The van der Waals surface area contributed by atoms with Crippen LogP contribution in [0.25, 0.3) is 0 Å². The van der Waals surface area contributed by atoms with Gasteiger partial charge < -0.3 is 10.2 Å². The summed E-state index contributed by atoms with van der Waals surface area (Å²) >= 11 is 1.30. The lowest BCUT2D eigenvalue weighted by Crippen LogP contribution is -2.47. The summed E-state index contributed by atoms with van der Waals surface area (Å²) in [7, 11) is 0. The number of aliphatic hydroxyl groups excluding tert-OH is 1. The molecule has 0 aromatic heterocycles. The van der Waals surface area contributed by atoms with E-state index in [0.29, 0.717) is 35.7 Å². The van der Waals surface area contributed by atoms with Gasteiger partial charge in [-0.05, 0) is 25.3 Å². The van der Waals surface area contributed by atoms with Crippen molar-refractivity contribution in [1.82, 2.24) is 5.32 Å². The van der Waals surface area contributed by atoms with Crippen molar-refractivity contribution >= 4 is 23.0 Å². The molecule has 22 heavy (non-hydrogen) atoms.